The van der Waals surface area contributed by atoms with Crippen LogP contribution < -0.4 is 15.5 Å². The second-order valence-electron chi connectivity index (χ2n) is 5.79. The quantitative estimate of drug-likeness (QED) is 0.456. The summed E-state index contributed by atoms with van der Waals surface area (Å²) in [6.07, 6.45) is 1.18. The number of ether oxygens (including phenoxy) is 1. The van der Waals surface area contributed by atoms with Gasteiger partial charge in [0.05, 0.1) is 12.8 Å². The minimum absolute atomic E-state index is 0.308. The smallest absolute Gasteiger partial charge is 0.249 e. The second kappa shape index (κ2) is 9.36. The lowest BCUT2D eigenvalue weighted by molar-refractivity contribution is -0.126. The van der Waals surface area contributed by atoms with Crippen molar-refractivity contribution >= 4 is 23.7 Å². The number of carbonyl (C=O) groups excluding carboxylic acids is 2. The zero-order valence-electron chi connectivity index (χ0n) is 15.2. The van der Waals surface area contributed by atoms with Gasteiger partial charge in [0, 0.05) is 11.3 Å². The highest BCUT2D eigenvalue weighted by Crippen LogP contribution is 2.16. The van der Waals surface area contributed by atoms with E-state index in [1.807, 2.05) is 57.2 Å². The highest BCUT2D eigenvalue weighted by Gasteiger charge is 2.09. The molecule has 0 atom stereocenters. The third-order valence-electron chi connectivity index (χ3n) is 3.72. The molecule has 0 aliphatic carbocycles. The number of carbonyl (C=O) groups is 2. The third-order valence-corrected chi connectivity index (χ3v) is 3.72. The molecule has 26 heavy (non-hydrogen) atoms. The van der Waals surface area contributed by atoms with Crippen LogP contribution in [0.25, 0.3) is 0 Å². The van der Waals surface area contributed by atoms with E-state index < -0.39 is 11.8 Å². The average molecular weight is 353 g/mol. The van der Waals surface area contributed by atoms with Gasteiger partial charge in [0.1, 0.15) is 12.2 Å². The summed E-state index contributed by atoms with van der Waals surface area (Å²) in [6, 6.07) is 13.0. The van der Waals surface area contributed by atoms with Crippen molar-refractivity contribution in [1.29, 1.82) is 0 Å². The van der Waals surface area contributed by atoms with Gasteiger partial charge in [-0.2, -0.15) is 5.10 Å². The van der Waals surface area contributed by atoms with Crippen molar-refractivity contribution in [3.05, 3.63) is 59.2 Å². The lowest BCUT2D eigenvalue weighted by Crippen LogP contribution is -2.24. The van der Waals surface area contributed by atoms with Crippen LogP contribution in [0.4, 0.5) is 5.69 Å². The van der Waals surface area contributed by atoms with E-state index in [9.17, 15) is 9.59 Å². The molecule has 0 saturated heterocycles. The molecule has 0 heterocycles. The normalized spacial score (nSPS) is 10.6. The zero-order valence-corrected chi connectivity index (χ0v) is 15.2. The fourth-order valence-corrected chi connectivity index (χ4v) is 2.26. The maximum absolute atomic E-state index is 11.9. The highest BCUT2D eigenvalue weighted by atomic mass is 16.5. The van der Waals surface area contributed by atoms with Gasteiger partial charge < -0.3 is 10.1 Å². The standard InChI is InChI=1S/C20H23N3O3/c1-4-26-18-8-6-5-7-16(18)13-21-23-20(25)12-19(24)22-17-10-9-14(2)15(3)11-17/h5-11,13H,4,12H2,1-3H3,(H,22,24)(H,23,25). The molecule has 2 aromatic rings. The maximum atomic E-state index is 11.9. The topological polar surface area (TPSA) is 79.8 Å². The van der Waals surface area contributed by atoms with Crippen molar-refractivity contribution in [2.75, 3.05) is 11.9 Å². The number of rotatable bonds is 7. The van der Waals surface area contributed by atoms with Crippen LogP contribution in [0.15, 0.2) is 47.6 Å². The van der Waals surface area contributed by atoms with Gasteiger partial charge in [-0.3, -0.25) is 9.59 Å². The molecule has 6 heteroatoms. The third kappa shape index (κ3) is 5.73. The number of hydrogen-bond donors (Lipinski definition) is 2. The van der Waals surface area contributed by atoms with Crippen LogP contribution in [0.1, 0.15) is 30.0 Å². The van der Waals surface area contributed by atoms with Crippen molar-refractivity contribution in [2.24, 2.45) is 5.10 Å². The first-order chi connectivity index (χ1) is 12.5. The van der Waals surface area contributed by atoms with Crippen molar-refractivity contribution in [1.82, 2.24) is 5.43 Å². The van der Waals surface area contributed by atoms with E-state index >= 15 is 0 Å². The van der Waals surface area contributed by atoms with Crippen molar-refractivity contribution in [3.63, 3.8) is 0 Å². The van der Waals surface area contributed by atoms with Crippen LogP contribution in [-0.2, 0) is 9.59 Å². The molecule has 0 saturated carbocycles. The fourth-order valence-electron chi connectivity index (χ4n) is 2.26. The highest BCUT2D eigenvalue weighted by molar-refractivity contribution is 6.03. The Bertz CT molecular complexity index is 816. The molecule has 2 N–H and O–H groups in total. The van der Waals surface area contributed by atoms with Crippen LogP contribution >= 0.6 is 0 Å². The molecular weight excluding hydrogens is 330 g/mol. The summed E-state index contributed by atoms with van der Waals surface area (Å²) in [7, 11) is 0. The van der Waals surface area contributed by atoms with Gasteiger partial charge in [-0.15, -0.1) is 0 Å². The van der Waals surface area contributed by atoms with Gasteiger partial charge >= 0.3 is 0 Å². The first-order valence-electron chi connectivity index (χ1n) is 8.40. The Morgan fingerprint density at radius 2 is 1.85 bits per heavy atom. The van der Waals surface area contributed by atoms with Crippen LogP contribution in [0, 0.1) is 13.8 Å². The second-order valence-corrected chi connectivity index (χ2v) is 5.79. The number of nitrogens with zero attached hydrogens (tertiary/aromatic N) is 1. The molecule has 0 spiro atoms. The minimum atomic E-state index is -0.489. The molecule has 2 amide bonds. The number of amides is 2. The first kappa shape index (κ1) is 19.2. The molecule has 2 rings (SSSR count). The molecule has 0 fully saturated rings. The molecule has 0 unspecified atom stereocenters. The summed E-state index contributed by atoms with van der Waals surface area (Å²) in [4.78, 5) is 23.8. The SMILES string of the molecule is CCOc1ccccc1C=NNC(=O)CC(=O)Nc1ccc(C)c(C)c1. The Labute approximate surface area is 153 Å². The van der Waals surface area contributed by atoms with Crippen molar-refractivity contribution in [3.8, 4) is 5.75 Å². The largest absolute Gasteiger partial charge is 0.493 e. The number of aryl methyl sites for hydroxylation is 2. The molecule has 136 valence electrons. The minimum Gasteiger partial charge on any atom is -0.493 e. The number of para-hydroxylation sites is 1. The van der Waals surface area contributed by atoms with Crippen LogP contribution in [0.2, 0.25) is 0 Å². The molecule has 0 aromatic heterocycles. The lowest BCUT2D eigenvalue weighted by atomic mass is 10.1. The van der Waals surface area contributed by atoms with E-state index in [-0.39, 0.29) is 6.42 Å². The molecule has 0 radical (unpaired) electrons. The van der Waals surface area contributed by atoms with E-state index in [0.29, 0.717) is 18.0 Å². The summed E-state index contributed by atoms with van der Waals surface area (Å²) >= 11 is 0. The predicted molar refractivity (Wildman–Crippen MR) is 103 cm³/mol. The number of nitrogens with one attached hydrogen (secondary N) is 2. The van der Waals surface area contributed by atoms with E-state index in [0.717, 1.165) is 16.7 Å². The zero-order chi connectivity index (χ0) is 18.9. The number of hydrazone groups is 1. The van der Waals surface area contributed by atoms with Gasteiger partial charge in [0.25, 0.3) is 0 Å². The summed E-state index contributed by atoms with van der Waals surface area (Å²) in [6.45, 7) is 6.39. The summed E-state index contributed by atoms with van der Waals surface area (Å²) in [5, 5.41) is 6.59. The van der Waals surface area contributed by atoms with Gasteiger partial charge in [-0.25, -0.2) is 5.43 Å². The Hall–Kier alpha value is -3.15. The van der Waals surface area contributed by atoms with Crippen molar-refractivity contribution < 1.29 is 14.3 Å². The molecule has 0 bridgehead atoms. The van der Waals surface area contributed by atoms with Gasteiger partial charge in [0.15, 0.2) is 0 Å². The van der Waals surface area contributed by atoms with Crippen LogP contribution in [0.3, 0.4) is 0 Å². The van der Waals surface area contributed by atoms with Crippen molar-refractivity contribution in [2.45, 2.75) is 27.2 Å². The number of hydrogen-bond acceptors (Lipinski definition) is 4. The Balaban J connectivity index is 1.86. The Morgan fingerprint density at radius 1 is 1.08 bits per heavy atom. The first-order valence-corrected chi connectivity index (χ1v) is 8.40. The molecular formula is C20H23N3O3. The van der Waals surface area contributed by atoms with Crippen LogP contribution in [0.5, 0.6) is 5.75 Å². The van der Waals surface area contributed by atoms with Gasteiger partial charge in [-0.1, -0.05) is 18.2 Å². The van der Waals surface area contributed by atoms with E-state index in [1.165, 1.54) is 6.21 Å². The van der Waals surface area contributed by atoms with E-state index in [4.69, 9.17) is 4.74 Å². The Morgan fingerprint density at radius 3 is 2.58 bits per heavy atom. The maximum Gasteiger partial charge on any atom is 0.249 e. The van der Waals surface area contributed by atoms with E-state index in [2.05, 4.69) is 15.8 Å². The van der Waals surface area contributed by atoms with Gasteiger partial charge in [0.2, 0.25) is 11.8 Å². The predicted octanol–water partition coefficient (Wildman–Crippen LogP) is 3.18. The fraction of sp³-hybridized carbons (Fsp3) is 0.250. The molecule has 0 aliphatic heterocycles. The number of benzene rings is 2. The molecule has 6 nitrogen and oxygen atoms in total. The summed E-state index contributed by atoms with van der Waals surface area (Å²) in [5.41, 5.74) is 5.98. The number of anilines is 1. The monoisotopic (exact) mass is 353 g/mol. The molecule has 2 aromatic carbocycles. The summed E-state index contributed by atoms with van der Waals surface area (Å²) < 4.78 is 5.48. The molecule has 0 aliphatic rings. The lowest BCUT2D eigenvalue weighted by Gasteiger charge is -2.07. The van der Waals surface area contributed by atoms with Gasteiger partial charge in [-0.05, 0) is 56.2 Å². The average Bonchev–Trinajstić information content (AvgIpc) is 2.60. The Kier molecular flexibility index (Phi) is 6.91. The summed E-state index contributed by atoms with van der Waals surface area (Å²) in [5.74, 6) is -0.201. The van der Waals surface area contributed by atoms with Crippen LogP contribution in [-0.4, -0.2) is 24.6 Å². The van der Waals surface area contributed by atoms with E-state index in [1.54, 1.807) is 6.07 Å².